The van der Waals surface area contributed by atoms with Crippen LogP contribution in [-0.2, 0) is 6.54 Å². The molecule has 0 bridgehead atoms. The van der Waals surface area contributed by atoms with Gasteiger partial charge in [0.2, 0.25) is 0 Å². The lowest BCUT2D eigenvalue weighted by Crippen LogP contribution is -2.34. The Labute approximate surface area is 126 Å². The fourth-order valence-electron chi connectivity index (χ4n) is 2.91. The van der Waals surface area contributed by atoms with Crippen LogP contribution in [0.1, 0.15) is 50.0 Å². The molecule has 1 aromatic heterocycles. The van der Waals surface area contributed by atoms with Crippen molar-refractivity contribution < 1.29 is 4.79 Å². The molecule has 0 aromatic carbocycles. The third kappa shape index (κ3) is 4.81. The summed E-state index contributed by atoms with van der Waals surface area (Å²) in [5.74, 6) is 0.574. The van der Waals surface area contributed by atoms with Crippen LogP contribution >= 0.6 is 0 Å². The van der Waals surface area contributed by atoms with E-state index in [1.54, 1.807) is 6.20 Å². The summed E-state index contributed by atoms with van der Waals surface area (Å²) in [6.07, 6.45) is 6.94. The van der Waals surface area contributed by atoms with Crippen molar-refractivity contribution in [3.8, 4) is 0 Å². The highest BCUT2D eigenvalue weighted by atomic mass is 16.2. The molecule has 1 saturated carbocycles. The monoisotopic (exact) mass is 293 g/mol. The number of amides is 1. The van der Waals surface area contributed by atoms with Crippen molar-refractivity contribution in [3.05, 3.63) is 11.9 Å². The van der Waals surface area contributed by atoms with Crippen molar-refractivity contribution in [1.29, 1.82) is 0 Å². The Balaban J connectivity index is 1.76. The van der Waals surface area contributed by atoms with Crippen LogP contribution in [0.5, 0.6) is 0 Å². The van der Waals surface area contributed by atoms with E-state index in [4.69, 9.17) is 0 Å². The van der Waals surface area contributed by atoms with Gasteiger partial charge in [-0.1, -0.05) is 31.9 Å². The zero-order chi connectivity index (χ0) is 15.1. The second-order valence-corrected chi connectivity index (χ2v) is 5.76. The van der Waals surface area contributed by atoms with E-state index >= 15 is 0 Å². The Morgan fingerprint density at radius 1 is 1.38 bits per heavy atom. The van der Waals surface area contributed by atoms with Crippen LogP contribution in [0.4, 0.5) is 0 Å². The van der Waals surface area contributed by atoms with Crippen molar-refractivity contribution in [3.63, 3.8) is 0 Å². The lowest BCUT2D eigenvalue weighted by Gasteiger charge is -2.17. The highest BCUT2D eigenvalue weighted by molar-refractivity contribution is 5.91. The molecule has 1 aromatic rings. The molecule has 21 heavy (non-hydrogen) atoms. The molecule has 0 saturated heterocycles. The number of aromatic nitrogens is 3. The summed E-state index contributed by atoms with van der Waals surface area (Å²) in [5, 5.41) is 11.0. The van der Waals surface area contributed by atoms with Crippen molar-refractivity contribution in [2.24, 2.45) is 5.92 Å². The largest absolute Gasteiger partial charge is 0.349 e. The van der Waals surface area contributed by atoms with Crippen LogP contribution in [0.25, 0.3) is 0 Å². The van der Waals surface area contributed by atoms with Crippen molar-refractivity contribution in [2.45, 2.75) is 46.1 Å². The van der Waals surface area contributed by atoms with Crippen LogP contribution in [0.3, 0.4) is 0 Å². The summed E-state index contributed by atoms with van der Waals surface area (Å²) >= 11 is 0. The predicted molar refractivity (Wildman–Crippen MR) is 82.1 cm³/mol. The molecular formula is C15H27N5O. The Morgan fingerprint density at radius 2 is 2.10 bits per heavy atom. The van der Waals surface area contributed by atoms with Gasteiger partial charge < -0.3 is 10.2 Å². The summed E-state index contributed by atoms with van der Waals surface area (Å²) in [4.78, 5) is 14.3. The molecule has 6 nitrogen and oxygen atoms in total. The Bertz CT molecular complexity index is 435. The molecule has 1 aliphatic rings. The highest BCUT2D eigenvalue weighted by Gasteiger charge is 2.17. The molecule has 0 atom stereocenters. The smallest absolute Gasteiger partial charge is 0.273 e. The molecule has 1 aliphatic carbocycles. The van der Waals surface area contributed by atoms with Gasteiger partial charge in [0.1, 0.15) is 0 Å². The maximum atomic E-state index is 12.0. The van der Waals surface area contributed by atoms with E-state index in [2.05, 4.69) is 34.4 Å². The maximum Gasteiger partial charge on any atom is 0.273 e. The fourth-order valence-corrected chi connectivity index (χ4v) is 2.91. The van der Waals surface area contributed by atoms with E-state index in [0.717, 1.165) is 26.2 Å². The lowest BCUT2D eigenvalue weighted by molar-refractivity contribution is 0.0944. The Kier molecular flexibility index (Phi) is 6.17. The number of likely N-dealkylation sites (N-methyl/N-ethyl adjacent to an activating group) is 1. The topological polar surface area (TPSA) is 63.1 Å². The summed E-state index contributed by atoms with van der Waals surface area (Å²) in [5.41, 5.74) is 0.424. The maximum absolute atomic E-state index is 12.0. The second kappa shape index (κ2) is 8.12. The van der Waals surface area contributed by atoms with Gasteiger partial charge in [0.15, 0.2) is 5.69 Å². The molecule has 0 spiro atoms. The van der Waals surface area contributed by atoms with Gasteiger partial charge in [-0.2, -0.15) is 0 Å². The first kappa shape index (κ1) is 15.9. The molecule has 2 rings (SSSR count). The van der Waals surface area contributed by atoms with E-state index in [0.29, 0.717) is 18.2 Å². The van der Waals surface area contributed by atoms with Gasteiger partial charge in [-0.05, 0) is 31.8 Å². The number of carbonyl (C=O) groups excluding carboxylic acids is 1. The molecule has 0 radical (unpaired) electrons. The minimum Gasteiger partial charge on any atom is -0.349 e. The fraction of sp³-hybridized carbons (Fsp3) is 0.800. The molecule has 1 fully saturated rings. The zero-order valence-corrected chi connectivity index (χ0v) is 13.2. The average molecular weight is 293 g/mol. The molecule has 0 unspecified atom stereocenters. The minimum atomic E-state index is -0.125. The Hall–Kier alpha value is -1.43. The normalized spacial score (nSPS) is 15.8. The third-order valence-electron chi connectivity index (χ3n) is 4.30. The van der Waals surface area contributed by atoms with Gasteiger partial charge in [-0.25, -0.2) is 0 Å². The highest BCUT2D eigenvalue weighted by Crippen LogP contribution is 2.25. The van der Waals surface area contributed by atoms with Crippen molar-refractivity contribution >= 4 is 5.91 Å². The average Bonchev–Trinajstić information content (AvgIpc) is 3.16. The number of carbonyl (C=O) groups is 1. The molecule has 118 valence electrons. The lowest BCUT2D eigenvalue weighted by atomic mass is 10.1. The molecule has 0 aliphatic heterocycles. The van der Waals surface area contributed by atoms with Gasteiger partial charge in [-0.15, -0.1) is 5.10 Å². The van der Waals surface area contributed by atoms with E-state index in [1.165, 1.54) is 25.7 Å². The first-order valence-corrected chi connectivity index (χ1v) is 8.13. The zero-order valence-electron chi connectivity index (χ0n) is 13.2. The third-order valence-corrected chi connectivity index (χ3v) is 4.30. The first-order valence-electron chi connectivity index (χ1n) is 8.13. The number of hydrogen-bond donors (Lipinski definition) is 1. The second-order valence-electron chi connectivity index (χ2n) is 5.76. The number of rotatable bonds is 8. The summed E-state index contributed by atoms with van der Waals surface area (Å²) in [7, 11) is 0. The van der Waals surface area contributed by atoms with Crippen LogP contribution in [0.15, 0.2) is 6.20 Å². The van der Waals surface area contributed by atoms with Gasteiger partial charge >= 0.3 is 0 Å². The van der Waals surface area contributed by atoms with Crippen molar-refractivity contribution in [1.82, 2.24) is 25.2 Å². The minimum absolute atomic E-state index is 0.125. The summed E-state index contributed by atoms with van der Waals surface area (Å²) in [6.45, 7) is 8.67. The molecule has 1 amide bonds. The standard InChI is InChI=1S/C15H27N5O/c1-3-19(4-2)10-9-16-15(21)14-12-20(18-17-14)11-13-7-5-6-8-13/h12-13H,3-11H2,1-2H3,(H,16,21). The van der Waals surface area contributed by atoms with E-state index in [1.807, 2.05) is 4.68 Å². The van der Waals surface area contributed by atoms with E-state index in [9.17, 15) is 4.79 Å². The van der Waals surface area contributed by atoms with E-state index < -0.39 is 0 Å². The summed E-state index contributed by atoms with van der Waals surface area (Å²) < 4.78 is 1.81. The van der Waals surface area contributed by atoms with Crippen LogP contribution in [0.2, 0.25) is 0 Å². The van der Waals surface area contributed by atoms with Crippen LogP contribution in [-0.4, -0.2) is 52.0 Å². The number of nitrogens with one attached hydrogen (secondary N) is 1. The molecule has 1 heterocycles. The quantitative estimate of drug-likeness (QED) is 0.790. The predicted octanol–water partition coefficient (Wildman–Crippen LogP) is 1.54. The SMILES string of the molecule is CCN(CC)CCNC(=O)c1cn(CC2CCCC2)nn1. The van der Waals surface area contributed by atoms with Crippen LogP contribution in [0, 0.1) is 5.92 Å². The number of nitrogens with zero attached hydrogens (tertiary/aromatic N) is 4. The van der Waals surface area contributed by atoms with Crippen molar-refractivity contribution in [2.75, 3.05) is 26.2 Å². The van der Waals surface area contributed by atoms with Gasteiger partial charge in [-0.3, -0.25) is 9.48 Å². The van der Waals surface area contributed by atoms with Gasteiger partial charge in [0.05, 0.1) is 6.20 Å². The van der Waals surface area contributed by atoms with E-state index in [-0.39, 0.29) is 5.91 Å². The van der Waals surface area contributed by atoms with Gasteiger partial charge in [0, 0.05) is 19.6 Å². The Morgan fingerprint density at radius 3 is 2.76 bits per heavy atom. The summed E-state index contributed by atoms with van der Waals surface area (Å²) in [6, 6.07) is 0. The molecular weight excluding hydrogens is 266 g/mol. The number of hydrogen-bond acceptors (Lipinski definition) is 4. The van der Waals surface area contributed by atoms with Crippen LogP contribution < -0.4 is 5.32 Å². The van der Waals surface area contributed by atoms with Gasteiger partial charge in [0.25, 0.3) is 5.91 Å². The first-order chi connectivity index (χ1) is 10.2. The molecule has 1 N–H and O–H groups in total. The molecule has 6 heteroatoms.